The molecule has 0 saturated heterocycles. The SMILES string of the molecule is Cc1ccc(-c2nnn(CC(=O)N(Cc3ccccc3)C(C(=O)NC(C)(C)C)c3cccs3)n2)o1. The molecule has 4 aromatic rings. The first-order chi connectivity index (χ1) is 16.7. The van der Waals surface area contributed by atoms with Gasteiger partial charge in [-0.2, -0.15) is 4.80 Å². The number of nitrogens with one attached hydrogen (secondary N) is 1. The lowest BCUT2D eigenvalue weighted by molar-refractivity contribution is -0.143. The van der Waals surface area contributed by atoms with Gasteiger partial charge in [-0.1, -0.05) is 36.4 Å². The van der Waals surface area contributed by atoms with E-state index in [9.17, 15) is 9.59 Å². The zero-order chi connectivity index (χ0) is 25.0. The van der Waals surface area contributed by atoms with Gasteiger partial charge in [-0.15, -0.1) is 21.5 Å². The lowest BCUT2D eigenvalue weighted by Gasteiger charge is -2.33. The standard InChI is InChI=1S/C25H28N6O3S/c1-17-12-13-19(34-17)23-27-29-31(28-23)16-21(32)30(15-18-9-6-5-7-10-18)22(20-11-8-14-35-20)24(33)26-25(2,3)4/h5-14,22H,15-16H2,1-4H3,(H,26,33). The summed E-state index contributed by atoms with van der Waals surface area (Å²) in [7, 11) is 0. The number of tetrazole rings is 1. The van der Waals surface area contributed by atoms with E-state index in [-0.39, 0.29) is 24.9 Å². The van der Waals surface area contributed by atoms with Gasteiger partial charge in [-0.3, -0.25) is 9.59 Å². The third kappa shape index (κ3) is 6.21. The number of thiophene rings is 1. The zero-order valence-corrected chi connectivity index (χ0v) is 21.0. The molecule has 1 atom stereocenters. The number of aromatic nitrogens is 4. The van der Waals surface area contributed by atoms with Crippen molar-refractivity contribution in [1.29, 1.82) is 0 Å². The van der Waals surface area contributed by atoms with Crippen LogP contribution in [0, 0.1) is 6.92 Å². The van der Waals surface area contributed by atoms with Crippen molar-refractivity contribution in [3.8, 4) is 11.6 Å². The number of furan rings is 1. The molecule has 0 aliphatic heterocycles. The molecule has 0 aliphatic rings. The molecule has 0 bridgehead atoms. The van der Waals surface area contributed by atoms with E-state index in [1.54, 1.807) is 11.0 Å². The van der Waals surface area contributed by atoms with Crippen molar-refractivity contribution in [2.75, 3.05) is 0 Å². The van der Waals surface area contributed by atoms with Crippen LogP contribution in [-0.4, -0.2) is 42.5 Å². The minimum Gasteiger partial charge on any atom is -0.458 e. The van der Waals surface area contributed by atoms with Crippen LogP contribution in [0.5, 0.6) is 0 Å². The Bertz CT molecular complexity index is 1270. The Morgan fingerprint density at radius 3 is 2.51 bits per heavy atom. The molecule has 0 spiro atoms. The summed E-state index contributed by atoms with van der Waals surface area (Å²) in [5.74, 6) is 0.938. The number of carbonyl (C=O) groups is 2. The lowest BCUT2D eigenvalue weighted by atomic mass is 10.1. The number of aryl methyl sites for hydroxylation is 1. The highest BCUT2D eigenvalue weighted by Crippen LogP contribution is 2.28. The maximum atomic E-state index is 13.7. The Balaban J connectivity index is 1.65. The fourth-order valence-corrected chi connectivity index (χ4v) is 4.42. The van der Waals surface area contributed by atoms with Crippen LogP contribution in [0.1, 0.15) is 43.0 Å². The van der Waals surface area contributed by atoms with E-state index in [2.05, 4.69) is 20.7 Å². The van der Waals surface area contributed by atoms with Gasteiger partial charge in [0, 0.05) is 17.0 Å². The molecule has 3 heterocycles. The first-order valence-electron chi connectivity index (χ1n) is 11.2. The van der Waals surface area contributed by atoms with Gasteiger partial charge in [0.1, 0.15) is 18.3 Å². The Labute approximate surface area is 207 Å². The highest BCUT2D eigenvalue weighted by molar-refractivity contribution is 7.10. The molecule has 35 heavy (non-hydrogen) atoms. The van der Waals surface area contributed by atoms with Crippen molar-refractivity contribution in [3.63, 3.8) is 0 Å². The van der Waals surface area contributed by atoms with Crippen LogP contribution in [0.2, 0.25) is 0 Å². The average molecular weight is 493 g/mol. The van der Waals surface area contributed by atoms with Crippen LogP contribution >= 0.6 is 11.3 Å². The van der Waals surface area contributed by atoms with E-state index in [1.807, 2.05) is 81.6 Å². The Hall–Kier alpha value is -3.79. The zero-order valence-electron chi connectivity index (χ0n) is 20.1. The summed E-state index contributed by atoms with van der Waals surface area (Å²) >= 11 is 1.43. The number of rotatable bonds is 8. The van der Waals surface area contributed by atoms with E-state index in [4.69, 9.17) is 4.42 Å². The second-order valence-electron chi connectivity index (χ2n) is 9.22. The summed E-state index contributed by atoms with van der Waals surface area (Å²) in [4.78, 5) is 30.7. The van der Waals surface area contributed by atoms with Crippen molar-refractivity contribution in [1.82, 2.24) is 30.4 Å². The Kier molecular flexibility index (Phi) is 7.11. The van der Waals surface area contributed by atoms with Crippen molar-refractivity contribution < 1.29 is 14.0 Å². The topological polar surface area (TPSA) is 106 Å². The van der Waals surface area contributed by atoms with Gasteiger partial charge in [-0.25, -0.2) is 0 Å². The van der Waals surface area contributed by atoms with E-state index >= 15 is 0 Å². The van der Waals surface area contributed by atoms with E-state index in [0.29, 0.717) is 11.6 Å². The molecule has 10 heteroatoms. The lowest BCUT2D eigenvalue weighted by Crippen LogP contribution is -2.49. The molecule has 1 unspecified atom stereocenters. The quantitative estimate of drug-likeness (QED) is 0.399. The molecule has 0 aliphatic carbocycles. The van der Waals surface area contributed by atoms with E-state index in [1.165, 1.54) is 16.1 Å². The largest absolute Gasteiger partial charge is 0.458 e. The smallest absolute Gasteiger partial charge is 0.248 e. The fraction of sp³-hybridized carbons (Fsp3) is 0.320. The van der Waals surface area contributed by atoms with Crippen molar-refractivity contribution in [2.45, 2.75) is 52.4 Å². The number of benzene rings is 1. The molecule has 1 N–H and O–H groups in total. The molecule has 0 radical (unpaired) electrons. The summed E-state index contributed by atoms with van der Waals surface area (Å²) in [6.45, 7) is 7.64. The van der Waals surface area contributed by atoms with Crippen LogP contribution in [0.4, 0.5) is 0 Å². The predicted octanol–water partition coefficient (Wildman–Crippen LogP) is 3.99. The molecule has 9 nitrogen and oxygen atoms in total. The Morgan fingerprint density at radius 2 is 1.89 bits per heavy atom. The molecule has 1 aromatic carbocycles. The van der Waals surface area contributed by atoms with Crippen LogP contribution in [-0.2, 0) is 22.7 Å². The minimum absolute atomic E-state index is 0.176. The normalized spacial score (nSPS) is 12.3. The summed E-state index contributed by atoms with van der Waals surface area (Å²) in [6, 6.07) is 16.1. The summed E-state index contributed by atoms with van der Waals surface area (Å²) in [5.41, 5.74) is 0.446. The molecule has 4 rings (SSSR count). The van der Waals surface area contributed by atoms with Crippen molar-refractivity contribution in [2.24, 2.45) is 0 Å². The first kappa shape index (κ1) is 24.3. The number of nitrogens with zero attached hydrogens (tertiary/aromatic N) is 5. The van der Waals surface area contributed by atoms with Crippen LogP contribution in [0.3, 0.4) is 0 Å². The molecule has 182 valence electrons. The number of hydrogen-bond donors (Lipinski definition) is 1. The highest BCUT2D eigenvalue weighted by Gasteiger charge is 2.34. The minimum atomic E-state index is -0.808. The average Bonchev–Trinajstić information content (AvgIpc) is 3.55. The van der Waals surface area contributed by atoms with E-state index < -0.39 is 11.6 Å². The molecular weight excluding hydrogens is 464 g/mol. The van der Waals surface area contributed by atoms with Crippen molar-refractivity contribution >= 4 is 23.2 Å². The van der Waals surface area contributed by atoms with Crippen molar-refractivity contribution in [3.05, 3.63) is 76.2 Å². The summed E-state index contributed by atoms with van der Waals surface area (Å²) < 4.78 is 5.55. The molecule has 0 saturated carbocycles. The highest BCUT2D eigenvalue weighted by atomic mass is 32.1. The van der Waals surface area contributed by atoms with Gasteiger partial charge < -0.3 is 14.6 Å². The first-order valence-corrected chi connectivity index (χ1v) is 12.1. The van der Waals surface area contributed by atoms with Crippen LogP contribution < -0.4 is 5.32 Å². The second-order valence-corrected chi connectivity index (χ2v) is 10.2. The van der Waals surface area contributed by atoms with Crippen LogP contribution in [0.25, 0.3) is 11.6 Å². The molecule has 0 fully saturated rings. The predicted molar refractivity (Wildman–Crippen MR) is 132 cm³/mol. The van der Waals surface area contributed by atoms with Gasteiger partial charge in [0.25, 0.3) is 0 Å². The van der Waals surface area contributed by atoms with Gasteiger partial charge in [0.2, 0.25) is 17.6 Å². The third-order valence-corrected chi connectivity index (χ3v) is 6.00. The number of amides is 2. The second kappa shape index (κ2) is 10.2. The van der Waals surface area contributed by atoms with Gasteiger partial charge in [0.15, 0.2) is 5.76 Å². The Morgan fingerprint density at radius 1 is 1.11 bits per heavy atom. The molecular formula is C25H28N6O3S. The maximum Gasteiger partial charge on any atom is 0.248 e. The summed E-state index contributed by atoms with van der Waals surface area (Å²) in [5, 5.41) is 17.3. The summed E-state index contributed by atoms with van der Waals surface area (Å²) in [6.07, 6.45) is 0. The van der Waals surface area contributed by atoms with Gasteiger partial charge >= 0.3 is 0 Å². The number of hydrogen-bond acceptors (Lipinski definition) is 7. The third-order valence-electron chi connectivity index (χ3n) is 5.08. The fourth-order valence-electron chi connectivity index (χ4n) is 3.59. The monoisotopic (exact) mass is 492 g/mol. The van der Waals surface area contributed by atoms with Gasteiger partial charge in [-0.05, 0) is 62.1 Å². The number of carbonyl (C=O) groups excluding carboxylic acids is 2. The van der Waals surface area contributed by atoms with E-state index in [0.717, 1.165) is 16.2 Å². The molecule has 2 amide bonds. The molecule has 3 aromatic heterocycles. The maximum absolute atomic E-state index is 13.7. The van der Waals surface area contributed by atoms with Gasteiger partial charge in [0.05, 0.1) is 0 Å². The van der Waals surface area contributed by atoms with Crippen LogP contribution in [0.15, 0.2) is 64.4 Å².